The molecule has 1 aliphatic rings. The van der Waals surface area contributed by atoms with Gasteiger partial charge < -0.3 is 15.8 Å². The summed E-state index contributed by atoms with van der Waals surface area (Å²) in [5, 5.41) is 2.79. The molecule has 0 saturated carbocycles. The van der Waals surface area contributed by atoms with Gasteiger partial charge in [-0.3, -0.25) is 9.78 Å². The number of anilines is 1. The van der Waals surface area contributed by atoms with Crippen molar-refractivity contribution in [3.05, 3.63) is 24.5 Å². The van der Waals surface area contributed by atoms with Crippen LogP contribution in [0.4, 0.5) is 5.69 Å². The average molecular weight is 235 g/mol. The Morgan fingerprint density at radius 3 is 2.71 bits per heavy atom. The fourth-order valence-corrected chi connectivity index (χ4v) is 1.95. The molecule has 1 atom stereocenters. The van der Waals surface area contributed by atoms with Gasteiger partial charge in [-0.2, -0.15) is 0 Å². The zero-order valence-corrected chi connectivity index (χ0v) is 9.63. The van der Waals surface area contributed by atoms with Crippen molar-refractivity contribution in [1.29, 1.82) is 0 Å². The lowest BCUT2D eigenvalue weighted by atomic mass is 9.92. The predicted molar refractivity (Wildman–Crippen MR) is 64.4 cm³/mol. The van der Waals surface area contributed by atoms with Crippen LogP contribution in [0.15, 0.2) is 24.5 Å². The fourth-order valence-electron chi connectivity index (χ4n) is 1.95. The van der Waals surface area contributed by atoms with Gasteiger partial charge in [-0.25, -0.2) is 0 Å². The molecule has 2 heterocycles. The molecule has 0 radical (unpaired) electrons. The zero-order valence-electron chi connectivity index (χ0n) is 9.63. The standard InChI is InChI=1S/C12H17N3O2/c13-11(9-3-7-17-8-4-9)12(16)15-10-1-5-14-6-2-10/h1-2,5-6,9,11H,3-4,7-8,13H2,(H,14,15,16). The van der Waals surface area contributed by atoms with Crippen LogP contribution in [0.25, 0.3) is 0 Å². The lowest BCUT2D eigenvalue weighted by Gasteiger charge is -2.26. The van der Waals surface area contributed by atoms with Crippen molar-refractivity contribution in [3.63, 3.8) is 0 Å². The van der Waals surface area contributed by atoms with Crippen LogP contribution in [-0.2, 0) is 9.53 Å². The number of ether oxygens (including phenoxy) is 1. The molecule has 1 fully saturated rings. The summed E-state index contributed by atoms with van der Waals surface area (Å²) >= 11 is 0. The highest BCUT2D eigenvalue weighted by Crippen LogP contribution is 2.18. The number of aromatic nitrogens is 1. The maximum Gasteiger partial charge on any atom is 0.241 e. The van der Waals surface area contributed by atoms with Crippen molar-refractivity contribution in [2.75, 3.05) is 18.5 Å². The number of rotatable bonds is 3. The second kappa shape index (κ2) is 5.75. The van der Waals surface area contributed by atoms with E-state index in [4.69, 9.17) is 10.5 Å². The molecule has 1 unspecified atom stereocenters. The van der Waals surface area contributed by atoms with Crippen LogP contribution in [0.5, 0.6) is 0 Å². The summed E-state index contributed by atoms with van der Waals surface area (Å²) in [6.07, 6.45) is 4.97. The number of hydrogen-bond acceptors (Lipinski definition) is 4. The summed E-state index contributed by atoms with van der Waals surface area (Å²) < 4.78 is 5.25. The molecule has 5 nitrogen and oxygen atoms in total. The molecule has 1 saturated heterocycles. The molecule has 2 rings (SSSR count). The maximum absolute atomic E-state index is 11.9. The van der Waals surface area contributed by atoms with Gasteiger partial charge in [0.2, 0.25) is 5.91 Å². The molecule has 5 heteroatoms. The van der Waals surface area contributed by atoms with Crippen molar-refractivity contribution in [1.82, 2.24) is 4.98 Å². The van der Waals surface area contributed by atoms with Crippen molar-refractivity contribution in [2.24, 2.45) is 11.7 Å². The summed E-state index contributed by atoms with van der Waals surface area (Å²) in [6, 6.07) is 3.02. The molecule has 0 bridgehead atoms. The highest BCUT2D eigenvalue weighted by molar-refractivity contribution is 5.94. The number of carbonyl (C=O) groups excluding carboxylic acids is 1. The van der Waals surface area contributed by atoms with E-state index in [0.717, 1.165) is 18.5 Å². The first kappa shape index (κ1) is 12.0. The van der Waals surface area contributed by atoms with Crippen molar-refractivity contribution in [2.45, 2.75) is 18.9 Å². The molecule has 0 aliphatic carbocycles. The molecule has 92 valence electrons. The normalized spacial score (nSPS) is 18.6. The van der Waals surface area contributed by atoms with Gasteiger partial charge in [-0.05, 0) is 30.9 Å². The molecular weight excluding hydrogens is 218 g/mol. The molecule has 0 spiro atoms. The smallest absolute Gasteiger partial charge is 0.241 e. The molecule has 17 heavy (non-hydrogen) atoms. The number of hydrogen-bond donors (Lipinski definition) is 2. The Bertz CT molecular complexity index is 363. The number of nitrogens with one attached hydrogen (secondary N) is 1. The van der Waals surface area contributed by atoms with Gasteiger partial charge in [0, 0.05) is 31.3 Å². The molecule has 1 aliphatic heterocycles. The van der Waals surface area contributed by atoms with E-state index in [1.165, 1.54) is 0 Å². The Balaban J connectivity index is 1.90. The first-order valence-corrected chi connectivity index (χ1v) is 5.81. The second-order valence-electron chi connectivity index (χ2n) is 4.20. The van der Waals surface area contributed by atoms with Gasteiger partial charge >= 0.3 is 0 Å². The van der Waals surface area contributed by atoms with Crippen LogP contribution >= 0.6 is 0 Å². The molecule has 3 N–H and O–H groups in total. The van der Waals surface area contributed by atoms with Crippen LogP contribution < -0.4 is 11.1 Å². The highest BCUT2D eigenvalue weighted by Gasteiger charge is 2.26. The average Bonchev–Trinajstić information content (AvgIpc) is 2.40. The third-order valence-electron chi connectivity index (χ3n) is 3.02. The van der Waals surface area contributed by atoms with E-state index in [9.17, 15) is 4.79 Å². The van der Waals surface area contributed by atoms with Crippen molar-refractivity contribution >= 4 is 11.6 Å². The molecule has 1 aromatic heterocycles. The van der Waals surface area contributed by atoms with Crippen molar-refractivity contribution in [3.8, 4) is 0 Å². The zero-order chi connectivity index (χ0) is 12.1. The molecule has 0 aromatic carbocycles. The lowest BCUT2D eigenvalue weighted by Crippen LogP contribution is -2.43. The third-order valence-corrected chi connectivity index (χ3v) is 3.02. The van der Waals surface area contributed by atoms with Crippen LogP contribution in [0, 0.1) is 5.92 Å². The number of amides is 1. The summed E-state index contributed by atoms with van der Waals surface area (Å²) in [6.45, 7) is 1.39. The largest absolute Gasteiger partial charge is 0.381 e. The van der Waals surface area contributed by atoms with E-state index in [2.05, 4.69) is 10.3 Å². The second-order valence-corrected chi connectivity index (χ2v) is 4.20. The summed E-state index contributed by atoms with van der Waals surface area (Å²) in [5.41, 5.74) is 6.69. The Kier molecular flexibility index (Phi) is 4.06. The van der Waals surface area contributed by atoms with Crippen LogP contribution in [-0.4, -0.2) is 30.1 Å². The third kappa shape index (κ3) is 3.25. The molecule has 1 amide bonds. The monoisotopic (exact) mass is 235 g/mol. The maximum atomic E-state index is 11.9. The summed E-state index contributed by atoms with van der Waals surface area (Å²) in [5.74, 6) is 0.0775. The highest BCUT2D eigenvalue weighted by atomic mass is 16.5. The quantitative estimate of drug-likeness (QED) is 0.811. The topological polar surface area (TPSA) is 77.2 Å². The molecular formula is C12H17N3O2. The van der Waals surface area contributed by atoms with Gasteiger partial charge in [0.1, 0.15) is 0 Å². The minimum atomic E-state index is -0.466. The van der Waals surface area contributed by atoms with Crippen LogP contribution in [0.1, 0.15) is 12.8 Å². The number of pyridine rings is 1. The Hall–Kier alpha value is -1.46. The van der Waals surface area contributed by atoms with E-state index in [0.29, 0.717) is 13.2 Å². The minimum absolute atomic E-state index is 0.136. The fraction of sp³-hybridized carbons (Fsp3) is 0.500. The van der Waals surface area contributed by atoms with Gasteiger partial charge in [-0.1, -0.05) is 0 Å². The summed E-state index contributed by atoms with van der Waals surface area (Å²) in [7, 11) is 0. The first-order chi connectivity index (χ1) is 8.27. The van der Waals surface area contributed by atoms with Gasteiger partial charge in [0.25, 0.3) is 0 Å². The lowest BCUT2D eigenvalue weighted by molar-refractivity contribution is -0.119. The van der Waals surface area contributed by atoms with Crippen molar-refractivity contribution < 1.29 is 9.53 Å². The van der Waals surface area contributed by atoms with Gasteiger partial charge in [-0.15, -0.1) is 0 Å². The van der Waals surface area contributed by atoms with E-state index in [1.807, 2.05) is 0 Å². The van der Waals surface area contributed by atoms with Crippen LogP contribution in [0.3, 0.4) is 0 Å². The minimum Gasteiger partial charge on any atom is -0.381 e. The SMILES string of the molecule is NC(C(=O)Nc1ccncc1)C1CCOCC1. The Morgan fingerprint density at radius 1 is 1.41 bits per heavy atom. The number of nitrogens with two attached hydrogens (primary N) is 1. The van der Waals surface area contributed by atoms with E-state index < -0.39 is 6.04 Å². The van der Waals surface area contributed by atoms with Gasteiger partial charge in [0.05, 0.1) is 6.04 Å². The van der Waals surface area contributed by atoms with E-state index >= 15 is 0 Å². The Morgan fingerprint density at radius 2 is 2.06 bits per heavy atom. The molecule has 1 aromatic rings. The number of carbonyl (C=O) groups is 1. The summed E-state index contributed by atoms with van der Waals surface area (Å²) in [4.78, 5) is 15.8. The van der Waals surface area contributed by atoms with E-state index in [-0.39, 0.29) is 11.8 Å². The van der Waals surface area contributed by atoms with Crippen LogP contribution in [0.2, 0.25) is 0 Å². The Labute approximate surface area is 100 Å². The first-order valence-electron chi connectivity index (χ1n) is 5.81. The number of nitrogens with zero attached hydrogens (tertiary/aromatic N) is 1. The van der Waals surface area contributed by atoms with Gasteiger partial charge in [0.15, 0.2) is 0 Å². The predicted octanol–water partition coefficient (Wildman–Crippen LogP) is 0.774. The van der Waals surface area contributed by atoms with E-state index in [1.54, 1.807) is 24.5 Å².